The van der Waals surface area contributed by atoms with E-state index in [1.54, 1.807) is 25.4 Å². The molecule has 0 atom stereocenters. The molecule has 1 aromatic heterocycles. The van der Waals surface area contributed by atoms with E-state index in [0.29, 0.717) is 24.5 Å². The van der Waals surface area contributed by atoms with Gasteiger partial charge in [-0.1, -0.05) is 29.3 Å². The monoisotopic (exact) mass is 346 g/mol. The van der Waals surface area contributed by atoms with Crippen molar-refractivity contribution < 1.29 is 8.42 Å². The summed E-state index contributed by atoms with van der Waals surface area (Å²) in [6.07, 6.45) is 1.59. The van der Waals surface area contributed by atoms with Crippen LogP contribution in [0.2, 0.25) is 10.0 Å². The van der Waals surface area contributed by atoms with Crippen LogP contribution in [0.5, 0.6) is 0 Å². The molecular formula is C12H12Cl2N4O2S. The molecule has 0 N–H and O–H groups in total. The second-order valence-corrected chi connectivity index (χ2v) is 7.45. The van der Waals surface area contributed by atoms with Crippen LogP contribution in [0.1, 0.15) is 11.4 Å². The molecule has 3 rings (SSSR count). The predicted molar refractivity (Wildman–Crippen MR) is 78.8 cm³/mol. The highest BCUT2D eigenvalue weighted by Gasteiger charge is 2.33. The molecule has 2 heterocycles. The first kappa shape index (κ1) is 14.8. The van der Waals surface area contributed by atoms with E-state index in [0.717, 1.165) is 0 Å². The molecule has 0 amide bonds. The number of aromatic nitrogens is 3. The zero-order valence-electron chi connectivity index (χ0n) is 11.1. The highest BCUT2D eigenvalue weighted by atomic mass is 35.5. The summed E-state index contributed by atoms with van der Waals surface area (Å²) in [6, 6.07) is 3.23. The lowest BCUT2D eigenvalue weighted by molar-refractivity contribution is 0.335. The third-order valence-electron chi connectivity index (χ3n) is 3.44. The molecule has 0 bridgehead atoms. The van der Waals surface area contributed by atoms with Gasteiger partial charge in [0.15, 0.2) is 0 Å². The van der Waals surface area contributed by atoms with Crippen LogP contribution in [-0.4, -0.2) is 34.0 Å². The summed E-state index contributed by atoms with van der Waals surface area (Å²) >= 11 is 12.2. The Morgan fingerprint density at radius 2 is 2.00 bits per heavy atom. The topological polar surface area (TPSA) is 68.1 Å². The standard InChI is InChI=1S/C12H12Cl2N4O2S/c1-8-2-3-9(13)12(11(8)14)21(19,20)18-5-4-17-7-15-16-10(17)6-18/h2-3,7H,4-6H2,1H3. The molecule has 0 fully saturated rings. The number of fused-ring (bicyclic) bond motifs is 1. The Bertz CT molecular complexity index is 804. The van der Waals surface area contributed by atoms with Gasteiger partial charge in [-0.2, -0.15) is 4.31 Å². The molecule has 1 aliphatic rings. The largest absolute Gasteiger partial charge is 0.315 e. The van der Waals surface area contributed by atoms with E-state index in [-0.39, 0.29) is 21.5 Å². The lowest BCUT2D eigenvalue weighted by atomic mass is 10.2. The Kier molecular flexibility index (Phi) is 3.69. The number of benzene rings is 1. The van der Waals surface area contributed by atoms with Gasteiger partial charge in [-0.15, -0.1) is 10.2 Å². The Morgan fingerprint density at radius 1 is 1.24 bits per heavy atom. The molecular weight excluding hydrogens is 335 g/mol. The highest BCUT2D eigenvalue weighted by molar-refractivity contribution is 7.89. The fourth-order valence-corrected chi connectivity index (χ4v) is 4.77. The maximum absolute atomic E-state index is 12.8. The smallest absolute Gasteiger partial charge is 0.246 e. The number of sulfonamides is 1. The van der Waals surface area contributed by atoms with Gasteiger partial charge in [-0.05, 0) is 18.6 Å². The summed E-state index contributed by atoms with van der Waals surface area (Å²) in [4.78, 5) is -0.0428. The number of hydrogen-bond donors (Lipinski definition) is 0. The molecule has 0 spiro atoms. The van der Waals surface area contributed by atoms with Crippen molar-refractivity contribution in [3.05, 3.63) is 39.9 Å². The lowest BCUT2D eigenvalue weighted by Gasteiger charge is -2.27. The van der Waals surface area contributed by atoms with Gasteiger partial charge in [0.1, 0.15) is 17.0 Å². The van der Waals surface area contributed by atoms with E-state index in [1.165, 1.54) is 4.31 Å². The van der Waals surface area contributed by atoms with Crippen LogP contribution in [0.15, 0.2) is 23.4 Å². The van der Waals surface area contributed by atoms with Crippen LogP contribution < -0.4 is 0 Å². The van der Waals surface area contributed by atoms with E-state index >= 15 is 0 Å². The minimum absolute atomic E-state index is 0.0428. The van der Waals surface area contributed by atoms with Gasteiger partial charge in [-0.25, -0.2) is 8.42 Å². The zero-order valence-corrected chi connectivity index (χ0v) is 13.5. The Morgan fingerprint density at radius 3 is 2.76 bits per heavy atom. The van der Waals surface area contributed by atoms with E-state index in [1.807, 2.05) is 4.57 Å². The summed E-state index contributed by atoms with van der Waals surface area (Å²) in [5.74, 6) is 0.602. The van der Waals surface area contributed by atoms with E-state index < -0.39 is 10.0 Å². The SMILES string of the molecule is Cc1ccc(Cl)c(S(=O)(=O)N2CCn3cnnc3C2)c1Cl. The minimum atomic E-state index is -3.78. The van der Waals surface area contributed by atoms with Gasteiger partial charge in [0, 0.05) is 13.1 Å². The van der Waals surface area contributed by atoms with Crippen molar-refractivity contribution in [1.29, 1.82) is 0 Å². The van der Waals surface area contributed by atoms with E-state index in [4.69, 9.17) is 23.2 Å². The third-order valence-corrected chi connectivity index (χ3v) is 6.40. The predicted octanol–water partition coefficient (Wildman–Crippen LogP) is 2.10. The van der Waals surface area contributed by atoms with Crippen molar-refractivity contribution >= 4 is 33.2 Å². The Balaban J connectivity index is 2.05. The molecule has 1 aromatic carbocycles. The van der Waals surface area contributed by atoms with Gasteiger partial charge in [-0.3, -0.25) is 0 Å². The van der Waals surface area contributed by atoms with Crippen LogP contribution in [0, 0.1) is 6.92 Å². The summed E-state index contributed by atoms with van der Waals surface area (Å²) in [5.41, 5.74) is 0.666. The number of aryl methyl sites for hydroxylation is 1. The summed E-state index contributed by atoms with van der Waals surface area (Å²) in [5, 5.41) is 7.98. The first-order chi connectivity index (χ1) is 9.91. The van der Waals surface area contributed by atoms with Crippen LogP contribution in [0.25, 0.3) is 0 Å². The van der Waals surface area contributed by atoms with Gasteiger partial charge >= 0.3 is 0 Å². The number of rotatable bonds is 2. The molecule has 0 aliphatic carbocycles. The van der Waals surface area contributed by atoms with Gasteiger partial charge < -0.3 is 4.57 Å². The average Bonchev–Trinajstić information content (AvgIpc) is 2.90. The molecule has 1 aliphatic heterocycles. The first-order valence-corrected chi connectivity index (χ1v) is 8.42. The second kappa shape index (κ2) is 5.24. The van der Waals surface area contributed by atoms with Crippen molar-refractivity contribution in [2.24, 2.45) is 0 Å². The van der Waals surface area contributed by atoms with Crippen molar-refractivity contribution in [3.63, 3.8) is 0 Å². The number of halogens is 2. The maximum atomic E-state index is 12.8. The van der Waals surface area contributed by atoms with Crippen LogP contribution >= 0.6 is 23.2 Å². The van der Waals surface area contributed by atoms with Crippen LogP contribution in [-0.2, 0) is 23.1 Å². The second-order valence-electron chi connectivity index (χ2n) is 4.79. The highest BCUT2D eigenvalue weighted by Crippen LogP contribution is 2.34. The van der Waals surface area contributed by atoms with Crippen LogP contribution in [0.3, 0.4) is 0 Å². The first-order valence-electron chi connectivity index (χ1n) is 6.22. The molecule has 0 unspecified atom stereocenters. The maximum Gasteiger partial charge on any atom is 0.246 e. The average molecular weight is 347 g/mol. The van der Waals surface area contributed by atoms with Crippen LogP contribution in [0.4, 0.5) is 0 Å². The zero-order chi connectivity index (χ0) is 15.2. The van der Waals surface area contributed by atoms with Crippen molar-refractivity contribution in [2.45, 2.75) is 24.9 Å². The molecule has 21 heavy (non-hydrogen) atoms. The Hall–Kier alpha value is -1.15. The Labute approximate surface area is 132 Å². The third kappa shape index (κ3) is 2.44. The number of nitrogens with zero attached hydrogens (tertiary/aromatic N) is 4. The molecule has 0 radical (unpaired) electrons. The summed E-state index contributed by atoms with van der Waals surface area (Å²) in [7, 11) is -3.78. The van der Waals surface area contributed by atoms with Gasteiger partial charge in [0.2, 0.25) is 10.0 Å². The summed E-state index contributed by atoms with van der Waals surface area (Å²) in [6.45, 7) is 2.73. The lowest BCUT2D eigenvalue weighted by Crippen LogP contribution is -2.38. The molecule has 2 aromatic rings. The van der Waals surface area contributed by atoms with Crippen molar-refractivity contribution in [3.8, 4) is 0 Å². The number of hydrogen-bond acceptors (Lipinski definition) is 4. The van der Waals surface area contributed by atoms with Gasteiger partial charge in [0.25, 0.3) is 0 Å². The quantitative estimate of drug-likeness (QED) is 0.834. The van der Waals surface area contributed by atoms with Gasteiger partial charge in [0.05, 0.1) is 16.6 Å². The van der Waals surface area contributed by atoms with Crippen molar-refractivity contribution in [1.82, 2.24) is 19.1 Å². The fraction of sp³-hybridized carbons (Fsp3) is 0.333. The molecule has 0 saturated heterocycles. The minimum Gasteiger partial charge on any atom is -0.315 e. The molecule has 6 nitrogen and oxygen atoms in total. The molecule has 9 heteroatoms. The van der Waals surface area contributed by atoms with E-state index in [9.17, 15) is 8.42 Å². The normalized spacial score (nSPS) is 16.0. The summed E-state index contributed by atoms with van der Waals surface area (Å²) < 4.78 is 28.8. The molecule has 112 valence electrons. The van der Waals surface area contributed by atoms with E-state index in [2.05, 4.69) is 10.2 Å². The fourth-order valence-electron chi connectivity index (χ4n) is 2.25. The van der Waals surface area contributed by atoms with Crippen molar-refractivity contribution in [2.75, 3.05) is 6.54 Å². The molecule has 0 saturated carbocycles.